The van der Waals surface area contributed by atoms with E-state index in [1.165, 1.54) is 18.2 Å². The Morgan fingerprint density at radius 1 is 1.24 bits per heavy atom. The highest BCUT2D eigenvalue weighted by atomic mass is 32.1. The van der Waals surface area contributed by atoms with Crippen molar-refractivity contribution in [2.45, 2.75) is 43.5 Å². The van der Waals surface area contributed by atoms with Crippen LogP contribution >= 0.6 is 11.3 Å². The summed E-state index contributed by atoms with van der Waals surface area (Å²) < 4.78 is 7.65. The van der Waals surface area contributed by atoms with E-state index in [0.29, 0.717) is 36.7 Å². The summed E-state index contributed by atoms with van der Waals surface area (Å²) in [5.41, 5.74) is 13.7. The largest absolute Gasteiger partial charge is 0.480 e. The van der Waals surface area contributed by atoms with Crippen molar-refractivity contribution < 1.29 is 24.9 Å². The molecule has 0 unspecified atom stereocenters. The smallest absolute Gasteiger partial charge is 0.320 e. The predicted octanol–water partition coefficient (Wildman–Crippen LogP) is -0.675. The average Bonchev–Trinajstić information content (AvgIpc) is 3.58. The summed E-state index contributed by atoms with van der Waals surface area (Å²) in [5.74, 6) is -0.439. The highest BCUT2D eigenvalue weighted by molar-refractivity contribution is 7.07. The van der Waals surface area contributed by atoms with Crippen LogP contribution in [-0.4, -0.2) is 108 Å². The van der Waals surface area contributed by atoms with E-state index < -0.39 is 36.6 Å². The van der Waals surface area contributed by atoms with Gasteiger partial charge in [0.2, 0.25) is 0 Å². The minimum Gasteiger partial charge on any atom is -0.480 e. The second-order valence-electron chi connectivity index (χ2n) is 9.81. The van der Waals surface area contributed by atoms with Crippen molar-refractivity contribution >= 4 is 34.3 Å². The van der Waals surface area contributed by atoms with E-state index in [2.05, 4.69) is 41.6 Å². The molecule has 13 nitrogen and oxygen atoms in total. The summed E-state index contributed by atoms with van der Waals surface area (Å²) in [6, 6.07) is 1.15. The van der Waals surface area contributed by atoms with Crippen LogP contribution < -0.4 is 11.5 Å². The molecule has 3 aromatic heterocycles. The normalized spacial score (nSPS) is 25.6. The summed E-state index contributed by atoms with van der Waals surface area (Å²) in [6.07, 6.45) is -0.970. The Labute approximate surface area is 217 Å². The number of aliphatic carboxylic acids is 1. The Hall–Kier alpha value is -2.72. The van der Waals surface area contributed by atoms with Gasteiger partial charge in [0.05, 0.1) is 6.33 Å². The molecule has 5 rings (SSSR count). The van der Waals surface area contributed by atoms with Crippen molar-refractivity contribution in [2.24, 2.45) is 11.7 Å². The highest BCUT2D eigenvalue weighted by Gasteiger charge is 2.45. The summed E-state index contributed by atoms with van der Waals surface area (Å²) in [4.78, 5) is 28.1. The second kappa shape index (κ2) is 10.9. The Bertz CT molecular complexity index is 1200. The lowest BCUT2D eigenvalue weighted by molar-refractivity contribution is -0.138. The minimum atomic E-state index is -1.22. The van der Waals surface area contributed by atoms with Gasteiger partial charge in [-0.05, 0) is 34.7 Å². The van der Waals surface area contributed by atoms with Crippen LogP contribution in [0.2, 0.25) is 0 Å². The lowest BCUT2D eigenvalue weighted by Crippen LogP contribution is -2.52. The van der Waals surface area contributed by atoms with Crippen LogP contribution in [0, 0.1) is 5.92 Å². The number of hydrogen-bond donors (Lipinski definition) is 5. The van der Waals surface area contributed by atoms with Gasteiger partial charge in [0.15, 0.2) is 17.7 Å². The molecule has 2 aliphatic rings. The van der Waals surface area contributed by atoms with Crippen molar-refractivity contribution in [3.8, 4) is 0 Å². The average molecular weight is 533 g/mol. The number of rotatable bonds is 11. The topological polar surface area (TPSA) is 189 Å². The molecule has 0 bridgehead atoms. The predicted molar refractivity (Wildman–Crippen MR) is 135 cm³/mol. The first-order valence-electron chi connectivity index (χ1n) is 12.2. The van der Waals surface area contributed by atoms with Gasteiger partial charge in [-0.3, -0.25) is 14.3 Å². The fourth-order valence-corrected chi connectivity index (χ4v) is 5.71. The van der Waals surface area contributed by atoms with Gasteiger partial charge in [0.1, 0.15) is 36.2 Å². The number of anilines is 1. The molecule has 2 aliphatic heterocycles. The van der Waals surface area contributed by atoms with Gasteiger partial charge in [-0.2, -0.15) is 11.3 Å². The molecule has 3 aromatic rings. The van der Waals surface area contributed by atoms with E-state index >= 15 is 0 Å². The molecule has 2 fully saturated rings. The van der Waals surface area contributed by atoms with Gasteiger partial charge in [-0.25, -0.2) is 15.0 Å². The van der Waals surface area contributed by atoms with Crippen molar-refractivity contribution in [3.63, 3.8) is 0 Å². The molecule has 14 heteroatoms. The SMILES string of the molecule is Nc1ncnc2c1ncn2[C@@H]1O[C@H](CN(CC[C@H](N)C(=O)O)CC2CN(Cc3ccsc3)C2)[C@@H](O)[C@H]1O. The van der Waals surface area contributed by atoms with E-state index in [0.717, 1.165) is 19.6 Å². The van der Waals surface area contributed by atoms with E-state index in [1.807, 2.05) is 0 Å². The number of nitrogens with zero attached hydrogens (tertiary/aromatic N) is 6. The quantitative estimate of drug-likeness (QED) is 0.210. The van der Waals surface area contributed by atoms with Crippen molar-refractivity contribution in [1.82, 2.24) is 29.3 Å². The van der Waals surface area contributed by atoms with Gasteiger partial charge < -0.3 is 36.4 Å². The lowest BCUT2D eigenvalue weighted by Gasteiger charge is -2.42. The molecular formula is C23H32N8O5S. The van der Waals surface area contributed by atoms with E-state index in [4.69, 9.17) is 16.2 Å². The number of thiophene rings is 1. The van der Waals surface area contributed by atoms with Crippen LogP contribution in [0.5, 0.6) is 0 Å². The van der Waals surface area contributed by atoms with Gasteiger partial charge in [-0.15, -0.1) is 0 Å². The monoisotopic (exact) mass is 532 g/mol. The molecule has 0 spiro atoms. The number of fused-ring (bicyclic) bond motifs is 1. The third kappa shape index (κ3) is 5.60. The van der Waals surface area contributed by atoms with Crippen LogP contribution in [0.4, 0.5) is 5.82 Å². The summed E-state index contributed by atoms with van der Waals surface area (Å²) in [6.45, 7) is 4.22. The summed E-state index contributed by atoms with van der Waals surface area (Å²) >= 11 is 1.69. The number of carboxylic acids is 1. The van der Waals surface area contributed by atoms with Gasteiger partial charge in [0, 0.05) is 39.3 Å². The molecule has 5 heterocycles. The van der Waals surface area contributed by atoms with Crippen molar-refractivity contribution in [1.29, 1.82) is 0 Å². The van der Waals surface area contributed by atoms with Crippen molar-refractivity contribution in [2.75, 3.05) is 38.5 Å². The number of ether oxygens (including phenoxy) is 1. The zero-order valence-corrected chi connectivity index (χ0v) is 21.0. The third-order valence-electron chi connectivity index (χ3n) is 7.05. The molecule has 37 heavy (non-hydrogen) atoms. The van der Waals surface area contributed by atoms with E-state index in [-0.39, 0.29) is 12.2 Å². The molecular weight excluding hydrogens is 500 g/mol. The number of carboxylic acid groups (broad SMARTS) is 1. The Balaban J connectivity index is 1.24. The maximum Gasteiger partial charge on any atom is 0.320 e. The number of nitrogens with two attached hydrogens (primary N) is 2. The first-order chi connectivity index (χ1) is 17.8. The van der Waals surface area contributed by atoms with Crippen LogP contribution in [0.25, 0.3) is 11.2 Å². The van der Waals surface area contributed by atoms with Crippen LogP contribution in [0.15, 0.2) is 29.5 Å². The Kier molecular flexibility index (Phi) is 7.67. The number of nitrogen functional groups attached to an aromatic ring is 1. The first kappa shape index (κ1) is 25.9. The number of carbonyl (C=O) groups is 1. The molecule has 7 N–H and O–H groups in total. The first-order valence-corrected chi connectivity index (χ1v) is 13.1. The second-order valence-corrected chi connectivity index (χ2v) is 10.6. The summed E-state index contributed by atoms with van der Waals surface area (Å²) in [7, 11) is 0. The van der Waals surface area contributed by atoms with Gasteiger partial charge in [0.25, 0.3) is 0 Å². The minimum absolute atomic E-state index is 0.211. The van der Waals surface area contributed by atoms with Crippen LogP contribution in [0.1, 0.15) is 18.2 Å². The number of hydrogen-bond acceptors (Lipinski definition) is 12. The van der Waals surface area contributed by atoms with Crippen molar-refractivity contribution in [3.05, 3.63) is 35.0 Å². The zero-order chi connectivity index (χ0) is 26.1. The molecule has 0 aromatic carbocycles. The lowest BCUT2D eigenvalue weighted by atomic mass is 9.98. The number of aromatic nitrogens is 4. The molecule has 5 atom stereocenters. The molecule has 0 saturated carbocycles. The third-order valence-corrected chi connectivity index (χ3v) is 7.78. The summed E-state index contributed by atoms with van der Waals surface area (Å²) in [5, 5.41) is 35.1. The molecule has 2 saturated heterocycles. The van der Waals surface area contributed by atoms with E-state index in [9.17, 15) is 20.1 Å². The fraction of sp³-hybridized carbons (Fsp3) is 0.565. The molecule has 200 valence electrons. The standard InChI is InChI=1S/C23H32N8O5S/c24-15(23(34)35)1-3-29(6-14-7-30(8-14)5-13-2-4-37-10-13)9-16-18(32)19(33)22(36-16)31-12-28-17-20(25)26-11-27-21(17)31/h2,4,10-12,14-16,18-19,22,32-33H,1,3,5-9,24H2,(H,34,35)(H2,25,26,27)/t15-,16+,18+,19+,22+/m0/s1. The van der Waals surface area contributed by atoms with Crippen LogP contribution in [0.3, 0.4) is 0 Å². The maximum atomic E-state index is 11.3. The fourth-order valence-electron chi connectivity index (χ4n) is 5.05. The maximum absolute atomic E-state index is 11.3. The van der Waals surface area contributed by atoms with Gasteiger partial charge in [-0.1, -0.05) is 0 Å². The number of likely N-dealkylation sites (tertiary alicyclic amines) is 1. The molecule has 0 aliphatic carbocycles. The van der Waals surface area contributed by atoms with Gasteiger partial charge >= 0.3 is 5.97 Å². The molecule has 0 amide bonds. The zero-order valence-electron chi connectivity index (χ0n) is 20.2. The number of aliphatic hydroxyl groups is 2. The molecule has 0 radical (unpaired) electrons. The van der Waals surface area contributed by atoms with Crippen LogP contribution in [-0.2, 0) is 16.1 Å². The Morgan fingerprint density at radius 3 is 2.78 bits per heavy atom. The number of aliphatic hydroxyl groups excluding tert-OH is 2. The highest BCUT2D eigenvalue weighted by Crippen LogP contribution is 2.33. The number of imidazole rings is 1. The van der Waals surface area contributed by atoms with E-state index in [1.54, 1.807) is 15.9 Å². The Morgan fingerprint density at radius 2 is 2.05 bits per heavy atom.